The third-order valence-corrected chi connectivity index (χ3v) is 4.38. The van der Waals surface area contributed by atoms with Crippen LogP contribution in [0.25, 0.3) is 11.3 Å². The number of nitro groups is 1. The van der Waals surface area contributed by atoms with E-state index in [2.05, 4.69) is 5.32 Å². The van der Waals surface area contributed by atoms with Crippen molar-refractivity contribution in [3.63, 3.8) is 0 Å². The van der Waals surface area contributed by atoms with Crippen molar-refractivity contribution in [2.24, 2.45) is 0 Å². The Morgan fingerprint density at radius 1 is 1.07 bits per heavy atom. The Morgan fingerprint density at radius 2 is 1.77 bits per heavy atom. The van der Waals surface area contributed by atoms with Crippen molar-refractivity contribution in [2.75, 3.05) is 6.54 Å². The maximum Gasteiger partial charge on any atom is 0.375 e. The van der Waals surface area contributed by atoms with Crippen LogP contribution in [0.2, 0.25) is 0 Å². The standard InChI is InChI=1S/C22H20N2O6/c1-15(21(25)23-14-13-16-5-3-2-4-6-16)29-22(26)20-12-11-19(30-20)17-7-9-18(10-8-17)24(27)28/h2-12,15H,13-14H2,1H3,(H,23,25)/t15-/m1/s1. The van der Waals surface area contributed by atoms with Crippen molar-refractivity contribution in [3.05, 3.63) is 88.2 Å². The molecule has 3 aromatic rings. The molecule has 0 aliphatic carbocycles. The second kappa shape index (κ2) is 9.51. The molecule has 0 aliphatic heterocycles. The molecular formula is C22H20N2O6. The van der Waals surface area contributed by atoms with Crippen molar-refractivity contribution >= 4 is 17.6 Å². The van der Waals surface area contributed by atoms with Crippen LogP contribution in [0.5, 0.6) is 0 Å². The number of carbonyl (C=O) groups excluding carboxylic acids is 2. The van der Waals surface area contributed by atoms with Gasteiger partial charge in [-0.2, -0.15) is 0 Å². The summed E-state index contributed by atoms with van der Waals surface area (Å²) >= 11 is 0. The highest BCUT2D eigenvalue weighted by Gasteiger charge is 2.21. The van der Waals surface area contributed by atoms with Gasteiger partial charge >= 0.3 is 5.97 Å². The molecule has 3 rings (SSSR count). The number of carbonyl (C=O) groups is 2. The second-order valence-electron chi connectivity index (χ2n) is 6.54. The Hall–Kier alpha value is -3.94. The van der Waals surface area contributed by atoms with Gasteiger partial charge in [-0.3, -0.25) is 14.9 Å². The van der Waals surface area contributed by atoms with Crippen molar-refractivity contribution in [2.45, 2.75) is 19.4 Å². The number of furan rings is 1. The Morgan fingerprint density at radius 3 is 2.43 bits per heavy atom. The number of hydrogen-bond acceptors (Lipinski definition) is 6. The third kappa shape index (κ3) is 5.32. The number of rotatable bonds is 8. The lowest BCUT2D eigenvalue weighted by molar-refractivity contribution is -0.384. The van der Waals surface area contributed by atoms with Crippen LogP contribution in [-0.4, -0.2) is 29.4 Å². The number of nitrogens with zero attached hydrogens (tertiary/aromatic N) is 1. The first-order valence-corrected chi connectivity index (χ1v) is 9.31. The fourth-order valence-electron chi connectivity index (χ4n) is 2.74. The molecule has 1 heterocycles. The first kappa shape index (κ1) is 20.8. The summed E-state index contributed by atoms with van der Waals surface area (Å²) in [6.07, 6.45) is -0.314. The topological polar surface area (TPSA) is 112 Å². The zero-order chi connectivity index (χ0) is 21.5. The molecule has 1 amide bonds. The molecule has 1 atom stereocenters. The summed E-state index contributed by atoms with van der Waals surface area (Å²) in [6, 6.07) is 18.4. The molecule has 8 heteroatoms. The molecule has 2 aromatic carbocycles. The van der Waals surface area contributed by atoms with Gasteiger partial charge in [-0.15, -0.1) is 0 Å². The smallest absolute Gasteiger partial charge is 0.375 e. The molecule has 30 heavy (non-hydrogen) atoms. The minimum absolute atomic E-state index is 0.0444. The average Bonchev–Trinajstić information content (AvgIpc) is 3.25. The quantitative estimate of drug-likeness (QED) is 0.345. The largest absolute Gasteiger partial charge is 0.449 e. The highest BCUT2D eigenvalue weighted by Crippen LogP contribution is 2.25. The Kier molecular flexibility index (Phi) is 6.59. The van der Waals surface area contributed by atoms with Crippen LogP contribution in [0.1, 0.15) is 23.0 Å². The van der Waals surface area contributed by atoms with Crippen LogP contribution in [0, 0.1) is 10.1 Å². The third-order valence-electron chi connectivity index (χ3n) is 4.38. The van der Waals surface area contributed by atoms with E-state index < -0.39 is 22.9 Å². The number of benzene rings is 2. The van der Waals surface area contributed by atoms with Crippen molar-refractivity contribution in [1.82, 2.24) is 5.32 Å². The van der Waals surface area contributed by atoms with E-state index in [0.717, 1.165) is 5.56 Å². The number of amides is 1. The van der Waals surface area contributed by atoms with Gasteiger partial charge in [0.2, 0.25) is 5.76 Å². The van der Waals surface area contributed by atoms with Gasteiger partial charge in [0.05, 0.1) is 4.92 Å². The molecule has 0 saturated heterocycles. The van der Waals surface area contributed by atoms with E-state index in [4.69, 9.17) is 9.15 Å². The predicted molar refractivity (Wildman–Crippen MR) is 109 cm³/mol. The van der Waals surface area contributed by atoms with Gasteiger partial charge in [0.15, 0.2) is 6.10 Å². The molecule has 154 valence electrons. The van der Waals surface area contributed by atoms with Gasteiger partial charge < -0.3 is 14.5 Å². The Balaban J connectivity index is 1.52. The van der Waals surface area contributed by atoms with Gasteiger partial charge in [0, 0.05) is 24.2 Å². The van der Waals surface area contributed by atoms with Gasteiger partial charge in [0.25, 0.3) is 11.6 Å². The molecule has 0 unspecified atom stereocenters. The van der Waals surface area contributed by atoms with E-state index in [1.165, 1.54) is 37.3 Å². The summed E-state index contributed by atoms with van der Waals surface area (Å²) in [4.78, 5) is 34.6. The summed E-state index contributed by atoms with van der Waals surface area (Å²) in [7, 11) is 0. The lowest BCUT2D eigenvalue weighted by Crippen LogP contribution is -2.36. The molecule has 0 aliphatic rings. The SMILES string of the molecule is C[C@@H](OC(=O)c1ccc(-c2ccc([N+](=O)[O-])cc2)o1)C(=O)NCCc1ccccc1. The van der Waals surface area contributed by atoms with Gasteiger partial charge in [0.1, 0.15) is 5.76 Å². The van der Waals surface area contributed by atoms with E-state index in [1.54, 1.807) is 6.07 Å². The number of esters is 1. The van der Waals surface area contributed by atoms with Gasteiger partial charge in [-0.05, 0) is 43.2 Å². The predicted octanol–water partition coefficient (Wildman–Crippen LogP) is 3.76. The Labute approximate surface area is 172 Å². The molecule has 0 bridgehead atoms. The lowest BCUT2D eigenvalue weighted by Gasteiger charge is -2.12. The molecular weight excluding hydrogens is 388 g/mol. The van der Waals surface area contributed by atoms with E-state index >= 15 is 0 Å². The first-order valence-electron chi connectivity index (χ1n) is 9.31. The van der Waals surface area contributed by atoms with Crippen LogP contribution >= 0.6 is 0 Å². The van der Waals surface area contributed by atoms with E-state index in [0.29, 0.717) is 24.3 Å². The summed E-state index contributed by atoms with van der Waals surface area (Å²) in [5, 5.41) is 13.5. The molecule has 1 N–H and O–H groups in total. The van der Waals surface area contributed by atoms with E-state index in [1.807, 2.05) is 30.3 Å². The van der Waals surface area contributed by atoms with Crippen LogP contribution in [0.3, 0.4) is 0 Å². The lowest BCUT2D eigenvalue weighted by atomic mass is 10.1. The number of non-ortho nitro benzene ring substituents is 1. The highest BCUT2D eigenvalue weighted by atomic mass is 16.6. The molecule has 0 radical (unpaired) electrons. The number of nitrogens with one attached hydrogen (secondary N) is 1. The summed E-state index contributed by atoms with van der Waals surface area (Å²) in [5.74, 6) is -0.876. The minimum Gasteiger partial charge on any atom is -0.449 e. The minimum atomic E-state index is -0.985. The second-order valence-corrected chi connectivity index (χ2v) is 6.54. The molecule has 0 fully saturated rings. The number of ether oxygens (including phenoxy) is 1. The van der Waals surface area contributed by atoms with Gasteiger partial charge in [-0.1, -0.05) is 30.3 Å². The van der Waals surface area contributed by atoms with Crippen LogP contribution in [0.4, 0.5) is 5.69 Å². The first-order chi connectivity index (χ1) is 14.4. The fourth-order valence-corrected chi connectivity index (χ4v) is 2.74. The van der Waals surface area contributed by atoms with Gasteiger partial charge in [-0.25, -0.2) is 4.79 Å². The average molecular weight is 408 g/mol. The van der Waals surface area contributed by atoms with E-state index in [-0.39, 0.29) is 11.4 Å². The van der Waals surface area contributed by atoms with Crippen LogP contribution < -0.4 is 5.32 Å². The summed E-state index contributed by atoms with van der Waals surface area (Å²) in [6.45, 7) is 1.91. The maximum absolute atomic E-state index is 12.3. The van der Waals surface area contributed by atoms with Crippen molar-refractivity contribution in [1.29, 1.82) is 0 Å². The summed E-state index contributed by atoms with van der Waals surface area (Å²) in [5.41, 5.74) is 1.63. The molecule has 0 spiro atoms. The molecule has 1 aromatic heterocycles. The molecule has 8 nitrogen and oxygen atoms in total. The number of nitro benzene ring substituents is 1. The van der Waals surface area contributed by atoms with E-state index in [9.17, 15) is 19.7 Å². The van der Waals surface area contributed by atoms with Crippen LogP contribution in [-0.2, 0) is 16.0 Å². The van der Waals surface area contributed by atoms with Crippen molar-refractivity contribution < 1.29 is 23.7 Å². The zero-order valence-electron chi connectivity index (χ0n) is 16.2. The monoisotopic (exact) mass is 408 g/mol. The highest BCUT2D eigenvalue weighted by molar-refractivity contribution is 5.90. The Bertz CT molecular complexity index is 1030. The number of hydrogen-bond donors (Lipinski definition) is 1. The van der Waals surface area contributed by atoms with Crippen molar-refractivity contribution in [3.8, 4) is 11.3 Å². The zero-order valence-corrected chi connectivity index (χ0v) is 16.2. The summed E-state index contributed by atoms with van der Waals surface area (Å²) < 4.78 is 10.6. The normalized spacial score (nSPS) is 11.5. The maximum atomic E-state index is 12.3. The van der Waals surface area contributed by atoms with Crippen LogP contribution in [0.15, 0.2) is 71.1 Å². The molecule has 0 saturated carbocycles. The fraction of sp³-hybridized carbons (Fsp3) is 0.182.